The van der Waals surface area contributed by atoms with Gasteiger partial charge in [-0.15, -0.1) is 0 Å². The van der Waals surface area contributed by atoms with E-state index in [2.05, 4.69) is 241 Å². The van der Waals surface area contributed by atoms with Crippen LogP contribution in [0.1, 0.15) is 22.3 Å². The van der Waals surface area contributed by atoms with Gasteiger partial charge in [0.2, 0.25) is 0 Å². The maximum Gasteiger partial charge on any atom is 0.143 e. The van der Waals surface area contributed by atoms with Gasteiger partial charge in [-0.3, -0.25) is 0 Å². The van der Waals surface area contributed by atoms with Crippen LogP contribution in [0, 0.1) is 0 Å². The SMILES string of the molecule is c1ccc(-c2ccc(N(c3ccc(-c4cccc5oc6c7ccccc7ccc6c45)cc3)c3cccc4c3-c3ccccc3C4(c3ccccc3)c3ccccc3)cc2)cc1. The molecule has 10 aromatic carbocycles. The maximum absolute atomic E-state index is 6.59. The van der Waals surface area contributed by atoms with Gasteiger partial charge in [0.25, 0.3) is 0 Å². The molecule has 0 unspecified atom stereocenters. The van der Waals surface area contributed by atoms with Gasteiger partial charge in [0, 0.05) is 33.1 Å². The van der Waals surface area contributed by atoms with Gasteiger partial charge in [-0.1, -0.05) is 194 Å². The van der Waals surface area contributed by atoms with Crippen LogP contribution in [0.2, 0.25) is 0 Å². The molecule has 2 nitrogen and oxygen atoms in total. The molecule has 12 rings (SSSR count). The summed E-state index contributed by atoms with van der Waals surface area (Å²) in [7, 11) is 0. The van der Waals surface area contributed by atoms with Crippen LogP contribution in [0.15, 0.2) is 241 Å². The molecule has 2 heteroatoms. The Bertz CT molecular complexity index is 3350. The van der Waals surface area contributed by atoms with Crippen LogP contribution in [-0.4, -0.2) is 0 Å². The Morgan fingerprint density at radius 1 is 0.361 bits per heavy atom. The molecule has 61 heavy (non-hydrogen) atoms. The van der Waals surface area contributed by atoms with Gasteiger partial charge in [-0.05, 0) is 97.9 Å². The molecule has 0 radical (unpaired) electrons. The van der Waals surface area contributed by atoms with E-state index in [1.165, 1.54) is 49.9 Å². The monoisotopic (exact) mass is 777 g/mol. The fourth-order valence-corrected chi connectivity index (χ4v) is 10.1. The highest BCUT2D eigenvalue weighted by atomic mass is 16.3. The number of rotatable bonds is 7. The van der Waals surface area contributed by atoms with Gasteiger partial charge in [0.1, 0.15) is 11.2 Å². The topological polar surface area (TPSA) is 16.4 Å². The Kier molecular flexibility index (Phi) is 8.11. The molecule has 11 aromatic rings. The van der Waals surface area contributed by atoms with Crippen LogP contribution >= 0.6 is 0 Å². The molecule has 0 saturated heterocycles. The van der Waals surface area contributed by atoms with E-state index in [1.54, 1.807) is 0 Å². The molecule has 1 aliphatic carbocycles. The lowest BCUT2D eigenvalue weighted by atomic mass is 9.68. The summed E-state index contributed by atoms with van der Waals surface area (Å²) in [6, 6.07) is 86.0. The highest BCUT2D eigenvalue weighted by Gasteiger charge is 2.47. The summed E-state index contributed by atoms with van der Waals surface area (Å²) in [6.45, 7) is 0. The minimum Gasteiger partial charge on any atom is -0.455 e. The predicted octanol–water partition coefficient (Wildman–Crippen LogP) is 15.9. The summed E-state index contributed by atoms with van der Waals surface area (Å²) in [5.74, 6) is 0. The van der Waals surface area contributed by atoms with Crippen LogP contribution in [0.3, 0.4) is 0 Å². The highest BCUT2D eigenvalue weighted by molar-refractivity contribution is 6.19. The van der Waals surface area contributed by atoms with Crippen molar-refractivity contribution in [3.05, 3.63) is 259 Å². The van der Waals surface area contributed by atoms with Gasteiger partial charge >= 0.3 is 0 Å². The van der Waals surface area contributed by atoms with E-state index in [1.807, 2.05) is 0 Å². The number of hydrogen-bond acceptors (Lipinski definition) is 2. The van der Waals surface area contributed by atoms with Crippen LogP contribution in [0.5, 0.6) is 0 Å². The minimum absolute atomic E-state index is 0.505. The van der Waals surface area contributed by atoms with E-state index in [4.69, 9.17) is 4.42 Å². The first kappa shape index (κ1) is 35.0. The van der Waals surface area contributed by atoms with Crippen molar-refractivity contribution in [2.75, 3.05) is 4.90 Å². The first-order valence-corrected chi connectivity index (χ1v) is 21.0. The molecule has 1 aromatic heterocycles. The summed E-state index contributed by atoms with van der Waals surface area (Å²) in [5, 5.41) is 4.58. The molecule has 1 heterocycles. The number of hydrogen-bond donors (Lipinski definition) is 0. The quantitative estimate of drug-likeness (QED) is 0.160. The predicted molar refractivity (Wildman–Crippen MR) is 254 cm³/mol. The lowest BCUT2D eigenvalue weighted by molar-refractivity contribution is 0.673. The maximum atomic E-state index is 6.59. The van der Waals surface area contributed by atoms with Gasteiger partial charge in [-0.2, -0.15) is 0 Å². The summed E-state index contributed by atoms with van der Waals surface area (Å²) in [6.07, 6.45) is 0. The Balaban J connectivity index is 1.07. The Morgan fingerprint density at radius 2 is 0.918 bits per heavy atom. The Morgan fingerprint density at radius 3 is 1.64 bits per heavy atom. The number of benzene rings is 10. The second-order valence-corrected chi connectivity index (χ2v) is 16.0. The van der Waals surface area contributed by atoms with Crippen molar-refractivity contribution in [3.63, 3.8) is 0 Å². The molecule has 0 spiro atoms. The van der Waals surface area contributed by atoms with E-state index >= 15 is 0 Å². The third-order valence-corrected chi connectivity index (χ3v) is 12.8. The molecular weight excluding hydrogens is 739 g/mol. The fraction of sp³-hybridized carbons (Fsp3) is 0.0169. The zero-order valence-electron chi connectivity index (χ0n) is 33.4. The van der Waals surface area contributed by atoms with Crippen molar-refractivity contribution in [3.8, 4) is 33.4 Å². The van der Waals surface area contributed by atoms with Crippen LogP contribution in [0.4, 0.5) is 17.1 Å². The number of anilines is 3. The lowest BCUT2D eigenvalue weighted by Crippen LogP contribution is -2.28. The molecule has 0 N–H and O–H groups in total. The molecule has 0 atom stereocenters. The smallest absolute Gasteiger partial charge is 0.143 e. The number of nitrogens with zero attached hydrogens (tertiary/aromatic N) is 1. The molecule has 286 valence electrons. The van der Waals surface area contributed by atoms with Gasteiger partial charge in [-0.25, -0.2) is 0 Å². The summed E-state index contributed by atoms with van der Waals surface area (Å²) in [5.41, 5.74) is 16.8. The van der Waals surface area contributed by atoms with Gasteiger partial charge in [0.15, 0.2) is 0 Å². The number of fused-ring (bicyclic) bond motifs is 8. The summed E-state index contributed by atoms with van der Waals surface area (Å²) >= 11 is 0. The second kappa shape index (κ2) is 14.1. The first-order chi connectivity index (χ1) is 30.3. The van der Waals surface area contributed by atoms with E-state index in [0.717, 1.165) is 55.5 Å². The second-order valence-electron chi connectivity index (χ2n) is 16.0. The van der Waals surface area contributed by atoms with Gasteiger partial charge < -0.3 is 9.32 Å². The normalized spacial score (nSPS) is 12.7. The first-order valence-electron chi connectivity index (χ1n) is 21.0. The third-order valence-electron chi connectivity index (χ3n) is 12.8. The molecule has 0 amide bonds. The summed E-state index contributed by atoms with van der Waals surface area (Å²) in [4.78, 5) is 2.44. The molecule has 0 bridgehead atoms. The van der Waals surface area contributed by atoms with Crippen molar-refractivity contribution in [1.29, 1.82) is 0 Å². The Hall–Kier alpha value is -7.94. The highest BCUT2D eigenvalue weighted by Crippen LogP contribution is 2.59. The average molecular weight is 778 g/mol. The zero-order valence-corrected chi connectivity index (χ0v) is 33.4. The molecular formula is C59H39NO. The van der Waals surface area contributed by atoms with Crippen molar-refractivity contribution in [2.24, 2.45) is 0 Å². The average Bonchev–Trinajstić information content (AvgIpc) is 3.88. The van der Waals surface area contributed by atoms with Crippen LogP contribution in [-0.2, 0) is 5.41 Å². The Labute approximate surface area is 355 Å². The van der Waals surface area contributed by atoms with E-state index in [0.29, 0.717) is 0 Å². The van der Waals surface area contributed by atoms with Crippen molar-refractivity contribution >= 4 is 49.8 Å². The summed E-state index contributed by atoms with van der Waals surface area (Å²) < 4.78 is 6.59. The van der Waals surface area contributed by atoms with Crippen molar-refractivity contribution < 1.29 is 4.42 Å². The third kappa shape index (κ3) is 5.43. The molecule has 1 aliphatic rings. The number of furan rings is 1. The van der Waals surface area contributed by atoms with Crippen molar-refractivity contribution in [1.82, 2.24) is 0 Å². The minimum atomic E-state index is -0.505. The molecule has 0 fully saturated rings. The van der Waals surface area contributed by atoms with E-state index in [9.17, 15) is 0 Å². The zero-order chi connectivity index (χ0) is 40.3. The van der Waals surface area contributed by atoms with E-state index < -0.39 is 5.41 Å². The van der Waals surface area contributed by atoms with Gasteiger partial charge in [0.05, 0.1) is 11.1 Å². The van der Waals surface area contributed by atoms with E-state index in [-0.39, 0.29) is 0 Å². The molecule has 0 saturated carbocycles. The largest absolute Gasteiger partial charge is 0.455 e. The molecule has 0 aliphatic heterocycles. The van der Waals surface area contributed by atoms with Crippen LogP contribution in [0.25, 0.3) is 66.1 Å². The van der Waals surface area contributed by atoms with Crippen LogP contribution < -0.4 is 4.90 Å². The standard InChI is InChI=1S/C59H39NO/c1-4-16-40(17-5-1)41-30-35-46(36-31-41)60(47-37-32-43(33-38-47)48-25-14-29-55-56(48)51-39-34-42-18-10-11-23-49(42)58(51)61-55)54-28-15-27-53-57(54)50-24-12-13-26-52(50)59(53,44-19-6-2-7-20-44)45-21-8-3-9-22-45/h1-39H. The fourth-order valence-electron chi connectivity index (χ4n) is 10.1. The lowest BCUT2D eigenvalue weighted by Gasteiger charge is -2.34. The van der Waals surface area contributed by atoms with Crippen molar-refractivity contribution in [2.45, 2.75) is 5.41 Å².